The maximum Gasteiger partial charge on any atom is 0.168 e. The predicted octanol–water partition coefficient (Wildman–Crippen LogP) is 3.81. The van der Waals surface area contributed by atoms with Crippen LogP contribution in [0.5, 0.6) is 0 Å². The van der Waals surface area contributed by atoms with Gasteiger partial charge in [-0.1, -0.05) is 23.2 Å². The molecule has 0 radical (unpaired) electrons. The molecule has 0 fully saturated rings. The van der Waals surface area contributed by atoms with Crippen LogP contribution in [-0.2, 0) is 6.42 Å². The summed E-state index contributed by atoms with van der Waals surface area (Å²) in [6, 6.07) is 8.48. The summed E-state index contributed by atoms with van der Waals surface area (Å²) < 4.78 is 0. The van der Waals surface area contributed by atoms with Gasteiger partial charge in [-0.15, -0.1) is 0 Å². The summed E-state index contributed by atoms with van der Waals surface area (Å²) >= 11 is 11.8. The highest BCUT2D eigenvalue weighted by molar-refractivity contribution is 6.35. The van der Waals surface area contributed by atoms with Crippen molar-refractivity contribution < 1.29 is 4.79 Å². The Kier molecular flexibility index (Phi) is 3.77. The van der Waals surface area contributed by atoms with Crippen LogP contribution in [0.25, 0.3) is 0 Å². The van der Waals surface area contributed by atoms with Crippen molar-refractivity contribution in [2.45, 2.75) is 6.42 Å². The molecular weight excluding hydrogens is 257 g/mol. The van der Waals surface area contributed by atoms with Crippen LogP contribution in [0, 0.1) is 0 Å². The number of ketones is 1. The van der Waals surface area contributed by atoms with Crippen LogP contribution in [-0.4, -0.2) is 10.8 Å². The first-order chi connectivity index (χ1) is 8.16. The van der Waals surface area contributed by atoms with E-state index in [9.17, 15) is 4.79 Å². The van der Waals surface area contributed by atoms with Crippen molar-refractivity contribution >= 4 is 29.0 Å². The molecule has 0 aliphatic heterocycles. The lowest BCUT2D eigenvalue weighted by atomic mass is 10.0. The molecular formula is C13H9Cl2NO. The lowest BCUT2D eigenvalue weighted by Crippen LogP contribution is -2.04. The van der Waals surface area contributed by atoms with Crippen molar-refractivity contribution in [3.8, 4) is 0 Å². The maximum atomic E-state index is 12.0. The lowest BCUT2D eigenvalue weighted by Gasteiger charge is -2.04. The van der Waals surface area contributed by atoms with E-state index in [2.05, 4.69) is 4.98 Å². The SMILES string of the molecule is O=C(Cc1ccncc1)c1cc(Cl)ccc1Cl. The highest BCUT2D eigenvalue weighted by Crippen LogP contribution is 2.22. The molecule has 0 amide bonds. The van der Waals surface area contributed by atoms with Gasteiger partial charge < -0.3 is 0 Å². The van der Waals surface area contributed by atoms with E-state index in [0.717, 1.165) is 5.56 Å². The lowest BCUT2D eigenvalue weighted by molar-refractivity contribution is 0.0993. The minimum absolute atomic E-state index is 0.0521. The number of carbonyl (C=O) groups excluding carboxylic acids is 1. The van der Waals surface area contributed by atoms with Gasteiger partial charge in [0.2, 0.25) is 0 Å². The van der Waals surface area contributed by atoms with Crippen LogP contribution in [0.15, 0.2) is 42.7 Å². The molecule has 1 aromatic heterocycles. The Morgan fingerprint density at radius 3 is 2.53 bits per heavy atom. The third-order valence-electron chi connectivity index (χ3n) is 2.34. The summed E-state index contributed by atoms with van der Waals surface area (Å²) in [4.78, 5) is 15.9. The Morgan fingerprint density at radius 2 is 1.82 bits per heavy atom. The molecule has 1 heterocycles. The van der Waals surface area contributed by atoms with Crippen molar-refractivity contribution in [3.05, 3.63) is 63.9 Å². The number of nitrogens with zero attached hydrogens (tertiary/aromatic N) is 1. The molecule has 0 aliphatic rings. The van der Waals surface area contributed by atoms with Gasteiger partial charge in [0.15, 0.2) is 5.78 Å². The Labute approximate surface area is 109 Å². The average molecular weight is 266 g/mol. The van der Waals surface area contributed by atoms with E-state index in [1.165, 1.54) is 0 Å². The highest BCUT2D eigenvalue weighted by atomic mass is 35.5. The molecule has 1 aromatic carbocycles. The Hall–Kier alpha value is -1.38. The number of hydrogen-bond donors (Lipinski definition) is 0. The van der Waals surface area contributed by atoms with Crippen molar-refractivity contribution in [3.63, 3.8) is 0 Å². The number of carbonyl (C=O) groups is 1. The molecule has 0 aliphatic carbocycles. The van der Waals surface area contributed by atoms with E-state index < -0.39 is 0 Å². The summed E-state index contributed by atoms with van der Waals surface area (Å²) in [5, 5.41) is 0.931. The first-order valence-electron chi connectivity index (χ1n) is 5.04. The summed E-state index contributed by atoms with van der Waals surface area (Å²) in [5.74, 6) is -0.0521. The van der Waals surface area contributed by atoms with Gasteiger partial charge in [0.25, 0.3) is 0 Å². The fraction of sp³-hybridized carbons (Fsp3) is 0.0769. The number of pyridine rings is 1. The maximum absolute atomic E-state index is 12.0. The van der Waals surface area contributed by atoms with E-state index in [0.29, 0.717) is 22.0 Å². The third kappa shape index (κ3) is 3.05. The number of Topliss-reactive ketones (excluding diaryl/α,β-unsaturated/α-hetero) is 1. The fourth-order valence-electron chi connectivity index (χ4n) is 1.49. The molecule has 0 bridgehead atoms. The first kappa shape index (κ1) is 12.1. The number of rotatable bonds is 3. The van der Waals surface area contributed by atoms with Crippen molar-refractivity contribution in [1.82, 2.24) is 4.98 Å². The van der Waals surface area contributed by atoms with Gasteiger partial charge in [0.05, 0.1) is 5.02 Å². The van der Waals surface area contributed by atoms with Gasteiger partial charge in [-0.05, 0) is 35.9 Å². The Balaban J connectivity index is 2.23. The smallest absolute Gasteiger partial charge is 0.168 e. The molecule has 2 aromatic rings. The molecule has 4 heteroatoms. The van der Waals surface area contributed by atoms with Gasteiger partial charge in [0, 0.05) is 29.4 Å². The summed E-state index contributed by atoms with van der Waals surface area (Å²) in [6.45, 7) is 0. The second kappa shape index (κ2) is 5.30. The second-order valence-corrected chi connectivity index (χ2v) is 4.42. The van der Waals surface area contributed by atoms with Crippen LogP contribution in [0.2, 0.25) is 10.0 Å². The van der Waals surface area contributed by atoms with E-state index >= 15 is 0 Å². The van der Waals surface area contributed by atoms with Gasteiger partial charge >= 0.3 is 0 Å². The second-order valence-electron chi connectivity index (χ2n) is 3.58. The van der Waals surface area contributed by atoms with Gasteiger partial charge in [-0.25, -0.2) is 0 Å². The molecule has 0 unspecified atom stereocenters. The molecule has 2 rings (SSSR count). The summed E-state index contributed by atoms with van der Waals surface area (Å²) in [6.07, 6.45) is 3.60. The third-order valence-corrected chi connectivity index (χ3v) is 2.91. The normalized spacial score (nSPS) is 10.2. The highest BCUT2D eigenvalue weighted by Gasteiger charge is 2.11. The number of halogens is 2. The average Bonchev–Trinajstić information content (AvgIpc) is 2.33. The molecule has 0 saturated heterocycles. The molecule has 17 heavy (non-hydrogen) atoms. The zero-order chi connectivity index (χ0) is 12.3. The molecule has 0 saturated carbocycles. The zero-order valence-corrected chi connectivity index (χ0v) is 10.4. The molecule has 0 N–H and O–H groups in total. The van der Waals surface area contributed by atoms with Crippen LogP contribution in [0.3, 0.4) is 0 Å². The quantitative estimate of drug-likeness (QED) is 0.790. The van der Waals surface area contributed by atoms with E-state index in [-0.39, 0.29) is 5.78 Å². The van der Waals surface area contributed by atoms with Crippen LogP contribution in [0.1, 0.15) is 15.9 Å². The van der Waals surface area contributed by atoms with E-state index in [4.69, 9.17) is 23.2 Å². The number of hydrogen-bond acceptors (Lipinski definition) is 2. The van der Waals surface area contributed by atoms with Crippen molar-refractivity contribution in [1.29, 1.82) is 0 Å². The van der Waals surface area contributed by atoms with Crippen LogP contribution >= 0.6 is 23.2 Å². The van der Waals surface area contributed by atoms with Crippen molar-refractivity contribution in [2.24, 2.45) is 0 Å². The predicted molar refractivity (Wildman–Crippen MR) is 68.7 cm³/mol. The number of aromatic nitrogens is 1. The standard InChI is InChI=1S/C13H9Cl2NO/c14-10-1-2-12(15)11(8-10)13(17)7-9-3-5-16-6-4-9/h1-6,8H,7H2. The largest absolute Gasteiger partial charge is 0.294 e. The number of benzene rings is 1. The van der Waals surface area contributed by atoms with Crippen LogP contribution in [0.4, 0.5) is 0 Å². The minimum atomic E-state index is -0.0521. The zero-order valence-electron chi connectivity index (χ0n) is 8.86. The Bertz CT molecular complexity index is 540. The Morgan fingerprint density at radius 1 is 1.12 bits per heavy atom. The molecule has 86 valence electrons. The summed E-state index contributed by atoms with van der Waals surface area (Å²) in [5.41, 5.74) is 1.36. The molecule has 2 nitrogen and oxygen atoms in total. The monoisotopic (exact) mass is 265 g/mol. The van der Waals surface area contributed by atoms with Gasteiger partial charge in [-0.2, -0.15) is 0 Å². The minimum Gasteiger partial charge on any atom is -0.294 e. The molecule has 0 spiro atoms. The topological polar surface area (TPSA) is 30.0 Å². The molecule has 0 atom stereocenters. The van der Waals surface area contributed by atoms with E-state index in [1.54, 1.807) is 42.7 Å². The summed E-state index contributed by atoms with van der Waals surface area (Å²) in [7, 11) is 0. The van der Waals surface area contributed by atoms with Gasteiger partial charge in [0.1, 0.15) is 0 Å². The van der Waals surface area contributed by atoms with Crippen LogP contribution < -0.4 is 0 Å². The van der Waals surface area contributed by atoms with E-state index in [1.807, 2.05) is 0 Å². The van der Waals surface area contributed by atoms with Gasteiger partial charge in [-0.3, -0.25) is 9.78 Å². The fourth-order valence-corrected chi connectivity index (χ4v) is 1.89. The first-order valence-corrected chi connectivity index (χ1v) is 5.79. The van der Waals surface area contributed by atoms with Crippen molar-refractivity contribution in [2.75, 3.05) is 0 Å².